The standard InChI is InChI=1S/C20H36O15/c1-6-10(25)18(15(31-6)7(24)3-21)35-20-14(29)17(12(27)9(5-23)33-20)34-19-13(28)16(30-2)11(26)8(4-22)32-19/h6-29H,3-5H2,1-2H3/t6-,7-,8?,9?,10-,11+,12+,13?,14?,15+,16+,17+,18?,19+,20-/m1/s1. The molecule has 15 nitrogen and oxygen atoms in total. The van der Waals surface area contributed by atoms with Gasteiger partial charge < -0.3 is 74.4 Å². The first kappa shape index (κ1) is 29.0. The maximum atomic E-state index is 10.9. The van der Waals surface area contributed by atoms with Gasteiger partial charge in [0, 0.05) is 7.11 Å². The maximum absolute atomic E-state index is 10.9. The van der Waals surface area contributed by atoms with E-state index < -0.39 is 112 Å². The lowest BCUT2D eigenvalue weighted by molar-refractivity contribution is -0.367. The lowest BCUT2D eigenvalue weighted by Crippen LogP contribution is -2.65. The van der Waals surface area contributed by atoms with Crippen LogP contribution in [0.15, 0.2) is 0 Å². The number of methoxy groups -OCH3 is 1. The third-order valence-electron chi connectivity index (χ3n) is 6.58. The minimum Gasteiger partial charge on any atom is -0.394 e. The van der Waals surface area contributed by atoms with E-state index in [1.54, 1.807) is 0 Å². The minimum absolute atomic E-state index is 0.649. The molecule has 0 aromatic rings. The van der Waals surface area contributed by atoms with Gasteiger partial charge in [0.1, 0.15) is 73.2 Å². The Hall–Kier alpha value is -0.600. The predicted molar refractivity (Wildman–Crippen MR) is 109 cm³/mol. The largest absolute Gasteiger partial charge is 0.394 e. The van der Waals surface area contributed by atoms with Gasteiger partial charge in [-0.05, 0) is 6.92 Å². The van der Waals surface area contributed by atoms with Gasteiger partial charge in [-0.15, -0.1) is 0 Å². The Morgan fingerprint density at radius 3 is 1.66 bits per heavy atom. The van der Waals surface area contributed by atoms with Crippen LogP contribution in [0.3, 0.4) is 0 Å². The van der Waals surface area contributed by atoms with Crippen LogP contribution in [0.25, 0.3) is 0 Å². The highest BCUT2D eigenvalue weighted by atomic mass is 16.7. The summed E-state index contributed by atoms with van der Waals surface area (Å²) < 4.78 is 32.6. The van der Waals surface area contributed by atoms with E-state index in [0.717, 1.165) is 0 Å². The summed E-state index contributed by atoms with van der Waals surface area (Å²) in [5.74, 6) is 0. The van der Waals surface area contributed by atoms with Crippen LogP contribution in [0.2, 0.25) is 0 Å². The van der Waals surface area contributed by atoms with Crippen molar-refractivity contribution in [2.45, 2.75) is 98.9 Å². The lowest BCUT2D eigenvalue weighted by Gasteiger charge is -2.47. The zero-order valence-corrected chi connectivity index (χ0v) is 19.3. The summed E-state index contributed by atoms with van der Waals surface area (Å²) in [5, 5.41) is 91.2. The molecule has 0 bridgehead atoms. The SMILES string of the molecule is CO[C@@H]1C(O)[C@H](O[C@@H]2C(O)[C@@H](OC3[C@H]([C@H](O)CO)O[C@H](C)[C@H]3O)OC(CO)[C@@H]2O)OC(CO)[C@@H]1O. The van der Waals surface area contributed by atoms with Crippen LogP contribution in [0.4, 0.5) is 0 Å². The van der Waals surface area contributed by atoms with E-state index in [1.165, 1.54) is 14.0 Å². The molecule has 0 saturated carbocycles. The zero-order chi connectivity index (χ0) is 26.0. The van der Waals surface area contributed by atoms with Gasteiger partial charge in [-0.1, -0.05) is 0 Å². The fourth-order valence-electron chi connectivity index (χ4n) is 4.52. The Kier molecular flexibility index (Phi) is 10.2. The van der Waals surface area contributed by atoms with E-state index in [0.29, 0.717) is 0 Å². The molecule has 3 rings (SSSR count). The number of rotatable bonds is 9. The van der Waals surface area contributed by atoms with Gasteiger partial charge in [-0.3, -0.25) is 0 Å². The maximum Gasteiger partial charge on any atom is 0.187 e. The molecule has 3 aliphatic rings. The second-order valence-corrected chi connectivity index (χ2v) is 8.86. The molecule has 5 unspecified atom stereocenters. The molecule has 3 aliphatic heterocycles. The molecular weight excluding hydrogens is 480 g/mol. The summed E-state index contributed by atoms with van der Waals surface area (Å²) in [6.07, 6.45) is -21.0. The summed E-state index contributed by atoms with van der Waals surface area (Å²) in [6.45, 7) is -0.570. The molecule has 206 valence electrons. The highest BCUT2D eigenvalue weighted by Crippen LogP contribution is 2.33. The molecule has 0 aromatic carbocycles. The van der Waals surface area contributed by atoms with E-state index in [1.807, 2.05) is 0 Å². The first-order valence-corrected chi connectivity index (χ1v) is 11.3. The van der Waals surface area contributed by atoms with Crippen LogP contribution >= 0.6 is 0 Å². The molecule has 0 aliphatic carbocycles. The lowest BCUT2D eigenvalue weighted by atomic mass is 9.96. The highest BCUT2D eigenvalue weighted by molar-refractivity contribution is 4.97. The molecule has 3 saturated heterocycles. The topological polar surface area (TPSA) is 237 Å². The fraction of sp³-hybridized carbons (Fsp3) is 1.00. The van der Waals surface area contributed by atoms with Gasteiger partial charge >= 0.3 is 0 Å². The van der Waals surface area contributed by atoms with E-state index in [2.05, 4.69) is 0 Å². The van der Waals surface area contributed by atoms with E-state index >= 15 is 0 Å². The fourth-order valence-corrected chi connectivity index (χ4v) is 4.52. The smallest absolute Gasteiger partial charge is 0.187 e. The van der Waals surface area contributed by atoms with Crippen LogP contribution in [0, 0.1) is 0 Å². The molecule has 0 amide bonds. The number of aliphatic hydroxyl groups is 9. The molecule has 0 aromatic heterocycles. The summed E-state index contributed by atoms with van der Waals surface area (Å²) in [7, 11) is 1.21. The van der Waals surface area contributed by atoms with Crippen LogP contribution in [-0.2, 0) is 28.4 Å². The van der Waals surface area contributed by atoms with Gasteiger partial charge in [0.05, 0.1) is 25.9 Å². The molecule has 9 N–H and O–H groups in total. The Bertz CT molecular complexity index is 656. The summed E-state index contributed by atoms with van der Waals surface area (Å²) in [5.41, 5.74) is 0. The Morgan fingerprint density at radius 1 is 0.686 bits per heavy atom. The number of aliphatic hydroxyl groups excluding tert-OH is 9. The predicted octanol–water partition coefficient (Wildman–Crippen LogP) is -5.85. The molecular formula is C20H36O15. The molecule has 3 fully saturated rings. The van der Waals surface area contributed by atoms with Gasteiger partial charge in [0.2, 0.25) is 0 Å². The van der Waals surface area contributed by atoms with Gasteiger partial charge in [-0.25, -0.2) is 0 Å². The van der Waals surface area contributed by atoms with Crippen molar-refractivity contribution in [3.05, 3.63) is 0 Å². The van der Waals surface area contributed by atoms with Crippen molar-refractivity contribution in [2.24, 2.45) is 0 Å². The first-order valence-electron chi connectivity index (χ1n) is 11.3. The number of ether oxygens (including phenoxy) is 6. The Labute approximate surface area is 200 Å². The monoisotopic (exact) mass is 516 g/mol. The third-order valence-corrected chi connectivity index (χ3v) is 6.58. The second kappa shape index (κ2) is 12.3. The normalized spacial score (nSPS) is 49.8. The summed E-state index contributed by atoms with van der Waals surface area (Å²) in [4.78, 5) is 0. The van der Waals surface area contributed by atoms with Gasteiger partial charge in [0.25, 0.3) is 0 Å². The first-order chi connectivity index (χ1) is 16.6. The molecule has 15 atom stereocenters. The van der Waals surface area contributed by atoms with Crippen LogP contribution in [-0.4, -0.2) is 165 Å². The molecule has 35 heavy (non-hydrogen) atoms. The van der Waals surface area contributed by atoms with Crippen molar-refractivity contribution in [3.63, 3.8) is 0 Å². The zero-order valence-electron chi connectivity index (χ0n) is 19.3. The Morgan fingerprint density at radius 2 is 1.17 bits per heavy atom. The van der Waals surface area contributed by atoms with E-state index in [9.17, 15) is 46.0 Å². The van der Waals surface area contributed by atoms with Crippen molar-refractivity contribution in [1.82, 2.24) is 0 Å². The van der Waals surface area contributed by atoms with Gasteiger partial charge in [-0.2, -0.15) is 0 Å². The van der Waals surface area contributed by atoms with Crippen LogP contribution < -0.4 is 0 Å². The third kappa shape index (κ3) is 5.79. The molecule has 0 radical (unpaired) electrons. The van der Waals surface area contributed by atoms with Crippen molar-refractivity contribution in [3.8, 4) is 0 Å². The van der Waals surface area contributed by atoms with Crippen molar-refractivity contribution in [2.75, 3.05) is 26.9 Å². The molecule has 0 spiro atoms. The molecule has 15 heteroatoms. The number of hydrogen-bond acceptors (Lipinski definition) is 15. The second-order valence-electron chi connectivity index (χ2n) is 8.86. The van der Waals surface area contributed by atoms with Crippen molar-refractivity contribution < 1.29 is 74.4 Å². The average molecular weight is 516 g/mol. The van der Waals surface area contributed by atoms with Crippen LogP contribution in [0.5, 0.6) is 0 Å². The molecule has 3 heterocycles. The quantitative estimate of drug-likeness (QED) is 0.139. The van der Waals surface area contributed by atoms with Crippen molar-refractivity contribution in [1.29, 1.82) is 0 Å². The van der Waals surface area contributed by atoms with Gasteiger partial charge in [0.15, 0.2) is 12.6 Å². The Balaban J connectivity index is 1.79. The summed E-state index contributed by atoms with van der Waals surface area (Å²) in [6, 6.07) is 0. The van der Waals surface area contributed by atoms with E-state index in [4.69, 9.17) is 28.4 Å². The minimum atomic E-state index is -1.78. The average Bonchev–Trinajstić information content (AvgIpc) is 3.12. The summed E-state index contributed by atoms with van der Waals surface area (Å²) >= 11 is 0. The highest BCUT2D eigenvalue weighted by Gasteiger charge is 2.54. The van der Waals surface area contributed by atoms with Crippen molar-refractivity contribution >= 4 is 0 Å². The van der Waals surface area contributed by atoms with Crippen LogP contribution in [0.1, 0.15) is 6.92 Å². The number of hydrogen-bond donors (Lipinski definition) is 9. The van der Waals surface area contributed by atoms with E-state index in [-0.39, 0.29) is 0 Å².